The van der Waals surface area contributed by atoms with Crippen molar-refractivity contribution in [2.24, 2.45) is 17.3 Å². The molecule has 88 valence electrons. The lowest BCUT2D eigenvalue weighted by atomic mass is 9.94. The van der Waals surface area contributed by atoms with E-state index in [0.717, 1.165) is 17.9 Å². The lowest BCUT2D eigenvalue weighted by Crippen LogP contribution is -2.33. The van der Waals surface area contributed by atoms with Crippen LogP contribution in [0, 0.1) is 17.3 Å². The van der Waals surface area contributed by atoms with Crippen molar-refractivity contribution < 1.29 is 0 Å². The van der Waals surface area contributed by atoms with Crippen LogP contribution in [-0.4, -0.2) is 12.6 Å². The van der Waals surface area contributed by atoms with Crippen LogP contribution in [0.3, 0.4) is 0 Å². The van der Waals surface area contributed by atoms with Crippen molar-refractivity contribution in [3.63, 3.8) is 0 Å². The summed E-state index contributed by atoms with van der Waals surface area (Å²) in [5.41, 5.74) is 0.708. The molecule has 0 spiro atoms. The van der Waals surface area contributed by atoms with Crippen LogP contribution in [0.25, 0.3) is 0 Å². The van der Waals surface area contributed by atoms with Crippen LogP contribution in [0.2, 0.25) is 0 Å². The summed E-state index contributed by atoms with van der Waals surface area (Å²) in [5.74, 6) is 1.83. The van der Waals surface area contributed by atoms with E-state index in [-0.39, 0.29) is 0 Å². The van der Waals surface area contributed by atoms with Gasteiger partial charge in [0.25, 0.3) is 0 Å². The zero-order chi connectivity index (χ0) is 10.9. The first-order valence-corrected chi connectivity index (χ1v) is 6.83. The molecule has 2 fully saturated rings. The fourth-order valence-corrected chi connectivity index (χ4v) is 3.25. The Morgan fingerprint density at radius 2 is 2.00 bits per heavy atom. The van der Waals surface area contributed by atoms with E-state index in [1.165, 1.54) is 45.1 Å². The smallest absolute Gasteiger partial charge is 0.00699 e. The summed E-state index contributed by atoms with van der Waals surface area (Å²) in [5, 5.41) is 3.82. The van der Waals surface area contributed by atoms with E-state index < -0.39 is 0 Å². The molecule has 1 heteroatoms. The van der Waals surface area contributed by atoms with E-state index in [0.29, 0.717) is 5.41 Å². The van der Waals surface area contributed by atoms with E-state index >= 15 is 0 Å². The summed E-state index contributed by atoms with van der Waals surface area (Å²) >= 11 is 0. The maximum atomic E-state index is 3.82. The Bertz CT molecular complexity index is 205. The minimum Gasteiger partial charge on any atom is -0.313 e. The Kier molecular flexibility index (Phi) is 3.39. The lowest BCUT2D eigenvalue weighted by molar-refractivity contribution is 0.344. The first kappa shape index (κ1) is 11.4. The second-order valence-electron chi connectivity index (χ2n) is 6.59. The van der Waals surface area contributed by atoms with Crippen molar-refractivity contribution in [1.29, 1.82) is 0 Å². The van der Waals surface area contributed by atoms with Crippen molar-refractivity contribution >= 4 is 0 Å². The summed E-state index contributed by atoms with van der Waals surface area (Å²) in [4.78, 5) is 0. The third kappa shape index (κ3) is 3.21. The SMILES string of the molecule is CC(C)CC1(CNC2CCC(C)C2)CC1. The molecule has 0 aromatic carbocycles. The van der Waals surface area contributed by atoms with E-state index in [4.69, 9.17) is 0 Å². The fourth-order valence-electron chi connectivity index (χ4n) is 3.25. The van der Waals surface area contributed by atoms with Gasteiger partial charge in [-0.05, 0) is 55.8 Å². The average Bonchev–Trinajstić information content (AvgIpc) is 2.77. The molecule has 2 aliphatic carbocycles. The molecule has 2 rings (SSSR count). The topological polar surface area (TPSA) is 12.0 Å². The van der Waals surface area contributed by atoms with Crippen molar-refractivity contribution in [2.75, 3.05) is 6.54 Å². The second-order valence-corrected chi connectivity index (χ2v) is 6.59. The van der Waals surface area contributed by atoms with Gasteiger partial charge in [-0.25, -0.2) is 0 Å². The van der Waals surface area contributed by atoms with Crippen LogP contribution in [-0.2, 0) is 0 Å². The van der Waals surface area contributed by atoms with Gasteiger partial charge in [0.2, 0.25) is 0 Å². The van der Waals surface area contributed by atoms with Gasteiger partial charge < -0.3 is 5.32 Å². The molecule has 0 aromatic rings. The summed E-state index contributed by atoms with van der Waals surface area (Å²) in [6.45, 7) is 8.40. The molecular weight excluding hydrogens is 182 g/mol. The summed E-state index contributed by atoms with van der Waals surface area (Å²) < 4.78 is 0. The minimum absolute atomic E-state index is 0.708. The third-order valence-electron chi connectivity index (χ3n) is 4.26. The molecule has 0 amide bonds. The van der Waals surface area contributed by atoms with Crippen molar-refractivity contribution in [2.45, 2.75) is 65.3 Å². The van der Waals surface area contributed by atoms with Gasteiger partial charge in [-0.2, -0.15) is 0 Å². The number of rotatable bonds is 5. The highest BCUT2D eigenvalue weighted by Crippen LogP contribution is 2.50. The van der Waals surface area contributed by atoms with Crippen molar-refractivity contribution in [3.05, 3.63) is 0 Å². The summed E-state index contributed by atoms with van der Waals surface area (Å²) in [6, 6.07) is 0.838. The Balaban J connectivity index is 1.69. The Morgan fingerprint density at radius 3 is 2.47 bits per heavy atom. The maximum Gasteiger partial charge on any atom is 0.00699 e. The fraction of sp³-hybridized carbons (Fsp3) is 1.00. The van der Waals surface area contributed by atoms with Crippen LogP contribution >= 0.6 is 0 Å². The highest BCUT2D eigenvalue weighted by atomic mass is 14.9. The largest absolute Gasteiger partial charge is 0.313 e. The molecule has 2 aliphatic rings. The quantitative estimate of drug-likeness (QED) is 0.729. The van der Waals surface area contributed by atoms with Crippen LogP contribution in [0.5, 0.6) is 0 Å². The third-order valence-corrected chi connectivity index (χ3v) is 4.26. The normalized spacial score (nSPS) is 33.6. The molecule has 0 heterocycles. The molecule has 2 unspecified atom stereocenters. The van der Waals surface area contributed by atoms with Crippen LogP contribution in [0.15, 0.2) is 0 Å². The molecule has 0 aliphatic heterocycles. The lowest BCUT2D eigenvalue weighted by Gasteiger charge is -2.21. The van der Waals surface area contributed by atoms with E-state index in [1.807, 2.05) is 0 Å². The Morgan fingerprint density at radius 1 is 1.27 bits per heavy atom. The highest BCUT2D eigenvalue weighted by Gasteiger charge is 2.42. The molecule has 2 atom stereocenters. The molecular formula is C14H27N. The minimum atomic E-state index is 0.708. The second kappa shape index (κ2) is 4.45. The summed E-state index contributed by atoms with van der Waals surface area (Å²) in [7, 11) is 0. The molecule has 0 saturated heterocycles. The molecule has 0 radical (unpaired) electrons. The number of hydrogen-bond acceptors (Lipinski definition) is 1. The standard InChI is InChI=1S/C14H27N/c1-11(2)9-14(6-7-14)10-15-13-5-4-12(3)8-13/h11-13,15H,4-10H2,1-3H3. The number of hydrogen-bond donors (Lipinski definition) is 1. The molecule has 15 heavy (non-hydrogen) atoms. The zero-order valence-corrected chi connectivity index (χ0v) is 10.7. The van der Waals surface area contributed by atoms with Gasteiger partial charge in [-0.3, -0.25) is 0 Å². The summed E-state index contributed by atoms with van der Waals surface area (Å²) in [6.07, 6.45) is 8.65. The molecule has 2 saturated carbocycles. The average molecular weight is 209 g/mol. The van der Waals surface area contributed by atoms with Crippen molar-refractivity contribution in [3.8, 4) is 0 Å². The van der Waals surface area contributed by atoms with Gasteiger partial charge in [-0.1, -0.05) is 20.8 Å². The zero-order valence-electron chi connectivity index (χ0n) is 10.7. The molecule has 0 bridgehead atoms. The maximum absolute atomic E-state index is 3.82. The number of nitrogens with one attached hydrogen (secondary N) is 1. The predicted molar refractivity (Wildman–Crippen MR) is 65.9 cm³/mol. The Hall–Kier alpha value is -0.0400. The Labute approximate surface area is 95.0 Å². The van der Waals surface area contributed by atoms with Gasteiger partial charge in [0.1, 0.15) is 0 Å². The van der Waals surface area contributed by atoms with E-state index in [9.17, 15) is 0 Å². The van der Waals surface area contributed by atoms with Gasteiger partial charge in [0, 0.05) is 12.6 Å². The molecule has 0 aromatic heterocycles. The van der Waals surface area contributed by atoms with Crippen LogP contribution in [0.1, 0.15) is 59.3 Å². The monoisotopic (exact) mass is 209 g/mol. The first-order chi connectivity index (χ1) is 7.10. The van der Waals surface area contributed by atoms with Crippen LogP contribution in [0.4, 0.5) is 0 Å². The van der Waals surface area contributed by atoms with Gasteiger partial charge in [0.15, 0.2) is 0 Å². The molecule has 1 N–H and O–H groups in total. The highest BCUT2D eigenvalue weighted by molar-refractivity contribution is 4.96. The van der Waals surface area contributed by atoms with Gasteiger partial charge in [-0.15, -0.1) is 0 Å². The van der Waals surface area contributed by atoms with Gasteiger partial charge >= 0.3 is 0 Å². The van der Waals surface area contributed by atoms with Crippen molar-refractivity contribution in [1.82, 2.24) is 5.32 Å². The van der Waals surface area contributed by atoms with E-state index in [1.54, 1.807) is 0 Å². The first-order valence-electron chi connectivity index (χ1n) is 6.83. The predicted octanol–water partition coefficient (Wildman–Crippen LogP) is 3.59. The van der Waals surface area contributed by atoms with E-state index in [2.05, 4.69) is 26.1 Å². The molecule has 1 nitrogen and oxygen atoms in total. The van der Waals surface area contributed by atoms with Gasteiger partial charge in [0.05, 0.1) is 0 Å². The van der Waals surface area contributed by atoms with Crippen LogP contribution < -0.4 is 5.32 Å².